The predicted molar refractivity (Wildman–Crippen MR) is 102 cm³/mol. The highest BCUT2D eigenvalue weighted by Crippen LogP contribution is 2.45. The van der Waals surface area contributed by atoms with Gasteiger partial charge in [0, 0.05) is 5.56 Å². The summed E-state index contributed by atoms with van der Waals surface area (Å²) >= 11 is 6.52. The molecule has 142 valence electrons. The van der Waals surface area contributed by atoms with Crippen LogP contribution in [0.4, 0.5) is 0 Å². The lowest BCUT2D eigenvalue weighted by molar-refractivity contribution is 0.0335. The number of hydrogen-bond acceptors (Lipinski definition) is 4. The molecule has 1 aromatic rings. The molecule has 0 aromatic heterocycles. The van der Waals surface area contributed by atoms with Crippen LogP contribution in [0.3, 0.4) is 0 Å². The van der Waals surface area contributed by atoms with E-state index in [9.17, 15) is 8.42 Å². The lowest BCUT2D eigenvalue weighted by atomic mass is 9.79. The molecule has 0 amide bonds. The first-order chi connectivity index (χ1) is 11.9. The molecule has 0 unspecified atom stereocenters. The van der Waals surface area contributed by atoms with Crippen molar-refractivity contribution in [3.05, 3.63) is 28.8 Å². The Kier molecular flexibility index (Phi) is 7.59. The second-order valence-electron chi connectivity index (χ2n) is 6.74. The maximum absolute atomic E-state index is 12.3. The Labute approximate surface area is 157 Å². The summed E-state index contributed by atoms with van der Waals surface area (Å²) < 4.78 is 36.1. The minimum Gasteiger partial charge on any atom is -0.494 e. The molecule has 2 rings (SSSR count). The highest BCUT2D eigenvalue weighted by Gasteiger charge is 2.40. The molecule has 25 heavy (non-hydrogen) atoms. The molecule has 0 saturated heterocycles. The fraction of sp³-hybridized carbons (Fsp3) is 0.684. The molecular weight excluding hydrogens is 360 g/mol. The number of rotatable bonds is 9. The van der Waals surface area contributed by atoms with Crippen molar-refractivity contribution in [2.24, 2.45) is 0 Å². The van der Waals surface area contributed by atoms with Gasteiger partial charge in [-0.25, -0.2) is 0 Å². The smallest absolute Gasteiger partial charge is 0.268 e. The second-order valence-corrected chi connectivity index (χ2v) is 8.84. The van der Waals surface area contributed by atoms with Crippen LogP contribution in [-0.2, 0) is 19.9 Å². The van der Waals surface area contributed by atoms with Crippen molar-refractivity contribution in [3.8, 4) is 5.75 Å². The maximum Gasteiger partial charge on any atom is 0.268 e. The Bertz CT molecular complexity index is 651. The molecule has 0 atom stereocenters. The molecule has 1 aliphatic carbocycles. The van der Waals surface area contributed by atoms with Gasteiger partial charge in [-0.3, -0.25) is 4.18 Å². The van der Waals surface area contributed by atoms with Gasteiger partial charge in [-0.15, -0.1) is 0 Å². The van der Waals surface area contributed by atoms with Gasteiger partial charge < -0.3 is 4.74 Å². The summed E-state index contributed by atoms with van der Waals surface area (Å²) in [6.07, 6.45) is 6.90. The van der Waals surface area contributed by atoms with Gasteiger partial charge in [0.15, 0.2) is 0 Å². The van der Waals surface area contributed by atoms with Crippen molar-refractivity contribution < 1.29 is 17.3 Å². The Balaban J connectivity index is 2.28. The minimum absolute atomic E-state index is 0.0323. The van der Waals surface area contributed by atoms with E-state index in [0.717, 1.165) is 37.7 Å². The first kappa shape index (κ1) is 20.5. The molecule has 4 nitrogen and oxygen atoms in total. The molecule has 6 heteroatoms. The summed E-state index contributed by atoms with van der Waals surface area (Å²) in [4.78, 5) is 0. The summed E-state index contributed by atoms with van der Waals surface area (Å²) in [6, 6.07) is 5.51. The van der Waals surface area contributed by atoms with Gasteiger partial charge in [0.1, 0.15) is 11.4 Å². The number of unbranched alkanes of at least 4 members (excludes halogenated alkanes) is 1. The Morgan fingerprint density at radius 3 is 2.44 bits per heavy atom. The van der Waals surface area contributed by atoms with Crippen LogP contribution in [0.15, 0.2) is 18.2 Å². The average molecular weight is 389 g/mol. The summed E-state index contributed by atoms with van der Waals surface area (Å²) in [5, 5.41) is 0.516. The van der Waals surface area contributed by atoms with E-state index < -0.39 is 15.7 Å². The van der Waals surface area contributed by atoms with E-state index in [1.807, 2.05) is 19.1 Å². The van der Waals surface area contributed by atoms with Crippen molar-refractivity contribution in [1.29, 1.82) is 0 Å². The Morgan fingerprint density at radius 1 is 1.12 bits per heavy atom. The largest absolute Gasteiger partial charge is 0.494 e. The first-order valence-corrected chi connectivity index (χ1v) is 11.2. The topological polar surface area (TPSA) is 52.6 Å². The molecule has 0 spiro atoms. The highest BCUT2D eigenvalue weighted by molar-refractivity contribution is 7.86. The Morgan fingerprint density at radius 2 is 1.84 bits per heavy atom. The molecule has 0 aliphatic heterocycles. The molecule has 1 aliphatic rings. The Hall–Kier alpha value is -0.780. The van der Waals surface area contributed by atoms with Crippen LogP contribution in [0.25, 0.3) is 0 Å². The summed E-state index contributed by atoms with van der Waals surface area (Å²) in [6.45, 7) is 4.60. The zero-order valence-electron chi connectivity index (χ0n) is 15.2. The fourth-order valence-electron chi connectivity index (χ4n) is 3.34. The lowest BCUT2D eigenvalue weighted by Gasteiger charge is -2.37. The van der Waals surface area contributed by atoms with E-state index in [-0.39, 0.29) is 5.75 Å². The third kappa shape index (κ3) is 5.60. The molecule has 1 saturated carbocycles. The predicted octanol–water partition coefficient (Wildman–Crippen LogP) is 5.43. The zero-order valence-corrected chi connectivity index (χ0v) is 16.8. The molecule has 0 radical (unpaired) electrons. The maximum atomic E-state index is 12.3. The van der Waals surface area contributed by atoms with Crippen LogP contribution in [0.2, 0.25) is 5.02 Å². The minimum atomic E-state index is -3.57. The van der Waals surface area contributed by atoms with E-state index in [4.69, 9.17) is 20.5 Å². The molecule has 0 bridgehead atoms. The quantitative estimate of drug-likeness (QED) is 0.417. The summed E-state index contributed by atoms with van der Waals surface area (Å²) in [5.41, 5.74) is -0.0814. The third-order valence-corrected chi connectivity index (χ3v) is 6.39. The SMILES string of the molecule is CCCCOc1ccc(C2(OS(=O)(=O)CCC)CCCCC2)c(Cl)c1. The average Bonchev–Trinajstić information content (AvgIpc) is 2.55. The van der Waals surface area contributed by atoms with Crippen molar-refractivity contribution in [2.45, 2.75) is 70.8 Å². The monoisotopic (exact) mass is 388 g/mol. The zero-order chi connectivity index (χ0) is 18.3. The summed E-state index contributed by atoms with van der Waals surface area (Å²) in [7, 11) is -3.57. The van der Waals surface area contributed by atoms with E-state index in [0.29, 0.717) is 36.6 Å². The van der Waals surface area contributed by atoms with Gasteiger partial charge in [-0.05, 0) is 37.8 Å². The van der Waals surface area contributed by atoms with Crippen molar-refractivity contribution in [3.63, 3.8) is 0 Å². The van der Waals surface area contributed by atoms with Gasteiger partial charge in [-0.2, -0.15) is 8.42 Å². The third-order valence-electron chi connectivity index (χ3n) is 4.60. The van der Waals surface area contributed by atoms with Crippen LogP contribution in [-0.4, -0.2) is 20.8 Å². The highest BCUT2D eigenvalue weighted by atomic mass is 35.5. The van der Waals surface area contributed by atoms with Crippen LogP contribution in [0, 0.1) is 0 Å². The van der Waals surface area contributed by atoms with Gasteiger partial charge in [0.2, 0.25) is 0 Å². The van der Waals surface area contributed by atoms with E-state index in [1.54, 1.807) is 6.07 Å². The second kappa shape index (κ2) is 9.24. The molecule has 0 heterocycles. The summed E-state index contributed by atoms with van der Waals surface area (Å²) in [5.74, 6) is 0.745. The van der Waals surface area contributed by atoms with Crippen molar-refractivity contribution >= 4 is 21.7 Å². The number of halogens is 1. The van der Waals surface area contributed by atoms with Gasteiger partial charge in [-0.1, -0.05) is 57.2 Å². The number of benzene rings is 1. The molecule has 0 N–H and O–H groups in total. The molecule has 1 fully saturated rings. The van der Waals surface area contributed by atoms with E-state index in [2.05, 4.69) is 6.92 Å². The van der Waals surface area contributed by atoms with Crippen LogP contribution in [0.5, 0.6) is 5.75 Å². The van der Waals surface area contributed by atoms with Crippen molar-refractivity contribution in [1.82, 2.24) is 0 Å². The van der Waals surface area contributed by atoms with E-state index in [1.165, 1.54) is 0 Å². The number of ether oxygens (including phenoxy) is 1. The standard InChI is InChI=1S/C19H29ClO4S/c1-3-5-13-23-16-9-10-17(18(20)15-16)19(11-7-6-8-12-19)24-25(21,22)14-4-2/h9-10,15H,3-8,11-14H2,1-2H3. The lowest BCUT2D eigenvalue weighted by Crippen LogP contribution is -2.35. The van der Waals surface area contributed by atoms with Crippen LogP contribution in [0.1, 0.15) is 70.8 Å². The van der Waals surface area contributed by atoms with Crippen LogP contribution < -0.4 is 4.74 Å². The van der Waals surface area contributed by atoms with Gasteiger partial charge in [0.25, 0.3) is 10.1 Å². The van der Waals surface area contributed by atoms with Gasteiger partial charge in [0.05, 0.1) is 17.4 Å². The molecule has 1 aromatic carbocycles. The number of hydrogen-bond donors (Lipinski definition) is 0. The molecular formula is C19H29ClO4S. The fourth-order valence-corrected chi connectivity index (χ4v) is 5.01. The van der Waals surface area contributed by atoms with E-state index >= 15 is 0 Å². The first-order valence-electron chi connectivity index (χ1n) is 9.28. The normalized spacial score (nSPS) is 17.4. The van der Waals surface area contributed by atoms with Gasteiger partial charge >= 0.3 is 0 Å². The van der Waals surface area contributed by atoms with Crippen LogP contribution >= 0.6 is 11.6 Å². The van der Waals surface area contributed by atoms with Crippen molar-refractivity contribution in [2.75, 3.05) is 12.4 Å².